The average molecular weight is 270 g/mol. The van der Waals surface area contributed by atoms with Crippen molar-refractivity contribution in [1.29, 1.82) is 0 Å². The number of rotatable bonds is 3. The Hall–Kier alpha value is -2.63. The van der Waals surface area contributed by atoms with Crippen molar-refractivity contribution in [3.63, 3.8) is 0 Å². The van der Waals surface area contributed by atoms with Crippen LogP contribution in [-0.4, -0.2) is 31.7 Å². The summed E-state index contributed by atoms with van der Waals surface area (Å²) >= 11 is 0. The molecule has 0 fully saturated rings. The second kappa shape index (κ2) is 4.80. The number of hydrogen-bond acceptors (Lipinski definition) is 4. The average Bonchev–Trinajstić information content (AvgIpc) is 3.04. The Morgan fingerprint density at radius 2 is 2.20 bits per heavy atom. The van der Waals surface area contributed by atoms with Gasteiger partial charge in [0, 0.05) is 25.0 Å². The van der Waals surface area contributed by atoms with E-state index in [4.69, 9.17) is 4.74 Å². The number of carbonyl (C=O) groups is 1. The number of imidazole rings is 1. The Morgan fingerprint density at radius 3 is 2.90 bits per heavy atom. The van der Waals surface area contributed by atoms with Crippen LogP contribution in [0.1, 0.15) is 17.5 Å². The maximum absolute atomic E-state index is 11.8. The van der Waals surface area contributed by atoms with Gasteiger partial charge in [0.25, 0.3) is 0 Å². The third kappa shape index (κ3) is 2.05. The maximum atomic E-state index is 11.8. The van der Waals surface area contributed by atoms with Crippen molar-refractivity contribution in [2.75, 3.05) is 6.61 Å². The van der Waals surface area contributed by atoms with Gasteiger partial charge in [-0.1, -0.05) is 0 Å². The predicted octanol–water partition coefficient (Wildman–Crippen LogP) is 1.91. The van der Waals surface area contributed by atoms with E-state index < -0.39 is 5.97 Å². The quantitative estimate of drug-likeness (QED) is 0.682. The van der Waals surface area contributed by atoms with E-state index in [1.54, 1.807) is 28.4 Å². The molecule has 0 amide bonds. The molecule has 0 saturated heterocycles. The zero-order valence-electron chi connectivity index (χ0n) is 11.3. The first-order valence-electron chi connectivity index (χ1n) is 6.32. The molecule has 0 radical (unpaired) electrons. The van der Waals surface area contributed by atoms with Gasteiger partial charge in [-0.05, 0) is 24.6 Å². The van der Waals surface area contributed by atoms with Crippen LogP contribution in [0.15, 0.2) is 36.9 Å². The van der Waals surface area contributed by atoms with Crippen LogP contribution in [0.5, 0.6) is 0 Å². The Balaban J connectivity index is 2.03. The van der Waals surface area contributed by atoms with Crippen molar-refractivity contribution in [1.82, 2.24) is 19.2 Å². The Bertz CT molecular complexity index is 772. The van der Waals surface area contributed by atoms with E-state index in [1.807, 2.05) is 31.6 Å². The summed E-state index contributed by atoms with van der Waals surface area (Å²) in [5.74, 6) is -0.124. The molecule has 0 atom stereocenters. The summed E-state index contributed by atoms with van der Waals surface area (Å²) in [7, 11) is 1.87. The largest absolute Gasteiger partial charge is 0.460 e. The molecule has 0 aromatic carbocycles. The lowest BCUT2D eigenvalue weighted by Gasteiger charge is -2.02. The number of aromatic nitrogens is 4. The summed E-state index contributed by atoms with van der Waals surface area (Å²) in [5.41, 5.74) is 2.89. The lowest BCUT2D eigenvalue weighted by atomic mass is 10.1. The Morgan fingerprint density at radius 1 is 1.35 bits per heavy atom. The van der Waals surface area contributed by atoms with Crippen LogP contribution in [0.2, 0.25) is 0 Å². The van der Waals surface area contributed by atoms with Gasteiger partial charge in [0.15, 0.2) is 0 Å². The first-order valence-corrected chi connectivity index (χ1v) is 6.32. The van der Waals surface area contributed by atoms with Gasteiger partial charge in [0.1, 0.15) is 0 Å². The summed E-state index contributed by atoms with van der Waals surface area (Å²) < 4.78 is 8.45. The highest BCUT2D eigenvalue weighted by atomic mass is 16.5. The molecule has 0 bridgehead atoms. The molecule has 3 aromatic rings. The molecule has 3 rings (SSSR count). The van der Waals surface area contributed by atoms with Crippen LogP contribution in [0.4, 0.5) is 0 Å². The number of hydrogen-bond donors (Lipinski definition) is 0. The summed E-state index contributed by atoms with van der Waals surface area (Å²) in [6, 6.07) is 3.89. The van der Waals surface area contributed by atoms with E-state index in [1.165, 1.54) is 0 Å². The molecular formula is C14H14N4O2. The lowest BCUT2D eigenvalue weighted by molar-refractivity contribution is 0.0511. The van der Waals surface area contributed by atoms with E-state index in [0.29, 0.717) is 12.4 Å². The number of esters is 1. The van der Waals surface area contributed by atoms with Crippen LogP contribution < -0.4 is 0 Å². The standard InChI is InChI=1S/C14H14N4O2/c1-3-20-14(19)13-15-8-12-6-10(4-5-18(12)13)11-7-16-17(2)9-11/h4-9H,3H2,1-2H3. The maximum Gasteiger partial charge on any atom is 0.374 e. The second-order valence-electron chi connectivity index (χ2n) is 4.42. The Kier molecular flexibility index (Phi) is 2.98. The summed E-state index contributed by atoms with van der Waals surface area (Å²) in [6.07, 6.45) is 7.21. The van der Waals surface area contributed by atoms with Crippen molar-refractivity contribution in [3.05, 3.63) is 42.7 Å². The normalized spacial score (nSPS) is 10.9. The van der Waals surface area contributed by atoms with Crippen LogP contribution in [-0.2, 0) is 11.8 Å². The van der Waals surface area contributed by atoms with Gasteiger partial charge < -0.3 is 4.74 Å². The molecule has 0 unspecified atom stereocenters. The number of fused-ring (bicyclic) bond motifs is 1. The molecule has 3 aromatic heterocycles. The van der Waals surface area contributed by atoms with Crippen LogP contribution >= 0.6 is 0 Å². The molecular weight excluding hydrogens is 256 g/mol. The van der Waals surface area contributed by atoms with Gasteiger partial charge in [0.2, 0.25) is 5.82 Å². The molecule has 0 spiro atoms. The first-order chi connectivity index (χ1) is 9.69. The zero-order chi connectivity index (χ0) is 14.1. The molecule has 6 nitrogen and oxygen atoms in total. The summed E-state index contributed by atoms with van der Waals surface area (Å²) in [5, 5.41) is 4.15. The third-order valence-corrected chi connectivity index (χ3v) is 3.03. The fourth-order valence-electron chi connectivity index (χ4n) is 2.10. The van der Waals surface area contributed by atoms with Gasteiger partial charge >= 0.3 is 5.97 Å². The van der Waals surface area contributed by atoms with Crippen molar-refractivity contribution >= 4 is 11.5 Å². The molecule has 0 aliphatic carbocycles. The topological polar surface area (TPSA) is 61.4 Å². The minimum Gasteiger partial charge on any atom is -0.460 e. The summed E-state index contributed by atoms with van der Waals surface area (Å²) in [4.78, 5) is 15.9. The third-order valence-electron chi connectivity index (χ3n) is 3.03. The van der Waals surface area contributed by atoms with Gasteiger partial charge in [-0.3, -0.25) is 9.08 Å². The number of aryl methyl sites for hydroxylation is 1. The molecule has 0 N–H and O–H groups in total. The fourth-order valence-corrected chi connectivity index (χ4v) is 2.10. The number of ether oxygens (including phenoxy) is 1. The highest BCUT2D eigenvalue weighted by Gasteiger charge is 2.14. The molecule has 6 heteroatoms. The number of nitrogens with zero attached hydrogens (tertiary/aromatic N) is 4. The van der Waals surface area contributed by atoms with Crippen LogP contribution in [0.25, 0.3) is 16.6 Å². The molecule has 0 saturated carbocycles. The van der Waals surface area contributed by atoms with Crippen molar-refractivity contribution in [3.8, 4) is 11.1 Å². The highest BCUT2D eigenvalue weighted by molar-refractivity contribution is 5.87. The van der Waals surface area contributed by atoms with E-state index in [9.17, 15) is 4.79 Å². The van der Waals surface area contributed by atoms with Gasteiger partial charge in [-0.15, -0.1) is 0 Å². The van der Waals surface area contributed by atoms with Gasteiger partial charge in [0.05, 0.1) is 24.5 Å². The van der Waals surface area contributed by atoms with E-state index in [-0.39, 0.29) is 0 Å². The molecule has 102 valence electrons. The second-order valence-corrected chi connectivity index (χ2v) is 4.42. The monoisotopic (exact) mass is 270 g/mol. The molecule has 20 heavy (non-hydrogen) atoms. The minimum atomic E-state index is -0.415. The SMILES string of the molecule is CCOC(=O)c1ncc2cc(-c3cnn(C)c3)ccn12. The van der Waals surface area contributed by atoms with E-state index in [0.717, 1.165) is 16.6 Å². The van der Waals surface area contributed by atoms with E-state index in [2.05, 4.69) is 10.1 Å². The van der Waals surface area contributed by atoms with Gasteiger partial charge in [-0.2, -0.15) is 5.10 Å². The summed E-state index contributed by atoms with van der Waals surface area (Å²) in [6.45, 7) is 2.11. The van der Waals surface area contributed by atoms with Crippen molar-refractivity contribution < 1.29 is 9.53 Å². The molecule has 0 aliphatic heterocycles. The van der Waals surface area contributed by atoms with Crippen LogP contribution in [0.3, 0.4) is 0 Å². The highest BCUT2D eigenvalue weighted by Crippen LogP contribution is 2.21. The number of pyridine rings is 1. The number of carbonyl (C=O) groups excluding carboxylic acids is 1. The smallest absolute Gasteiger partial charge is 0.374 e. The first kappa shape index (κ1) is 12.4. The van der Waals surface area contributed by atoms with Gasteiger partial charge in [-0.25, -0.2) is 9.78 Å². The molecule has 3 heterocycles. The van der Waals surface area contributed by atoms with E-state index >= 15 is 0 Å². The van der Waals surface area contributed by atoms with Crippen molar-refractivity contribution in [2.45, 2.75) is 6.92 Å². The minimum absolute atomic E-state index is 0.291. The fraction of sp³-hybridized carbons (Fsp3) is 0.214. The van der Waals surface area contributed by atoms with Crippen molar-refractivity contribution in [2.24, 2.45) is 7.05 Å². The zero-order valence-corrected chi connectivity index (χ0v) is 11.3. The Labute approximate surface area is 115 Å². The van der Waals surface area contributed by atoms with Crippen LogP contribution in [0, 0.1) is 0 Å². The molecule has 0 aliphatic rings. The predicted molar refractivity (Wildman–Crippen MR) is 73.4 cm³/mol. The lowest BCUT2D eigenvalue weighted by Crippen LogP contribution is -2.09.